The highest BCUT2D eigenvalue weighted by Crippen LogP contribution is 2.33. The fourth-order valence-electron chi connectivity index (χ4n) is 3.86. The molecule has 1 aromatic carbocycles. The van der Waals surface area contributed by atoms with Crippen LogP contribution < -0.4 is 4.74 Å². The minimum atomic E-state index is 0.0852. The van der Waals surface area contributed by atoms with Gasteiger partial charge in [-0.05, 0) is 49.3 Å². The molecule has 0 spiro atoms. The van der Waals surface area contributed by atoms with Crippen LogP contribution in [0, 0.1) is 18.8 Å². The van der Waals surface area contributed by atoms with Crippen molar-refractivity contribution >= 4 is 22.4 Å². The SMILES string of the molecule is COc1cc2occ(C)c2cc1/C(C)=C/C(=O)N1CC(C)CC(C)C1. The summed E-state index contributed by atoms with van der Waals surface area (Å²) in [4.78, 5) is 14.7. The molecule has 134 valence electrons. The van der Waals surface area contributed by atoms with Gasteiger partial charge in [-0.1, -0.05) is 13.8 Å². The summed E-state index contributed by atoms with van der Waals surface area (Å²) in [5.74, 6) is 1.92. The molecule has 0 radical (unpaired) electrons. The molecular formula is C21H27NO3. The van der Waals surface area contributed by atoms with E-state index in [1.54, 1.807) is 19.4 Å². The van der Waals surface area contributed by atoms with Crippen LogP contribution in [-0.2, 0) is 4.79 Å². The average Bonchev–Trinajstić information content (AvgIpc) is 2.93. The Labute approximate surface area is 149 Å². The quantitative estimate of drug-likeness (QED) is 0.763. The van der Waals surface area contributed by atoms with Crippen LogP contribution in [0.2, 0.25) is 0 Å². The first kappa shape index (κ1) is 17.6. The Morgan fingerprint density at radius 3 is 2.60 bits per heavy atom. The van der Waals surface area contributed by atoms with Gasteiger partial charge in [-0.2, -0.15) is 0 Å². The summed E-state index contributed by atoms with van der Waals surface area (Å²) in [5.41, 5.74) is 3.73. The molecule has 2 aromatic rings. The van der Waals surface area contributed by atoms with Crippen LogP contribution in [0.5, 0.6) is 5.75 Å². The predicted molar refractivity (Wildman–Crippen MR) is 101 cm³/mol. The Kier molecular flexibility index (Phi) is 4.89. The number of allylic oxidation sites excluding steroid dienone is 1. The average molecular weight is 341 g/mol. The van der Waals surface area contributed by atoms with Crippen LogP contribution in [0.1, 0.15) is 38.3 Å². The van der Waals surface area contributed by atoms with Gasteiger partial charge in [0, 0.05) is 36.2 Å². The molecule has 1 saturated heterocycles. The van der Waals surface area contributed by atoms with Crippen molar-refractivity contribution in [3.63, 3.8) is 0 Å². The van der Waals surface area contributed by atoms with Crippen molar-refractivity contribution in [1.29, 1.82) is 0 Å². The lowest BCUT2D eigenvalue weighted by Gasteiger charge is -2.34. The molecule has 4 nitrogen and oxygen atoms in total. The van der Waals surface area contributed by atoms with Crippen LogP contribution in [0.4, 0.5) is 0 Å². The molecule has 2 heterocycles. The molecule has 1 aromatic heterocycles. The zero-order valence-corrected chi connectivity index (χ0v) is 15.8. The number of aryl methyl sites for hydroxylation is 1. The molecule has 0 N–H and O–H groups in total. The van der Waals surface area contributed by atoms with Crippen molar-refractivity contribution in [2.45, 2.75) is 34.1 Å². The Hall–Kier alpha value is -2.23. The molecule has 1 fully saturated rings. The van der Waals surface area contributed by atoms with E-state index in [0.717, 1.165) is 46.5 Å². The first-order valence-electron chi connectivity index (χ1n) is 8.92. The summed E-state index contributed by atoms with van der Waals surface area (Å²) in [6, 6.07) is 3.94. The lowest BCUT2D eigenvalue weighted by molar-refractivity contribution is -0.128. The number of piperidine rings is 1. The van der Waals surface area contributed by atoms with Gasteiger partial charge in [-0.25, -0.2) is 0 Å². The molecule has 2 unspecified atom stereocenters. The molecular weight excluding hydrogens is 314 g/mol. The fourth-order valence-corrected chi connectivity index (χ4v) is 3.86. The van der Waals surface area contributed by atoms with Gasteiger partial charge in [0.15, 0.2) is 0 Å². The standard InChI is InChI=1S/C21H27NO3/c1-13-6-14(2)11-22(10-13)21(23)7-15(3)17-8-18-16(4)12-25-20(18)9-19(17)24-5/h7-9,12-14H,6,10-11H2,1-5H3/b15-7+. The van der Waals surface area contributed by atoms with Crippen molar-refractivity contribution in [1.82, 2.24) is 4.90 Å². The first-order chi connectivity index (χ1) is 11.9. The highest BCUT2D eigenvalue weighted by Gasteiger charge is 2.24. The number of amides is 1. The monoisotopic (exact) mass is 341 g/mol. The van der Waals surface area contributed by atoms with E-state index in [9.17, 15) is 4.79 Å². The third-order valence-corrected chi connectivity index (χ3v) is 5.03. The molecule has 1 aliphatic heterocycles. The second kappa shape index (κ2) is 6.95. The molecule has 25 heavy (non-hydrogen) atoms. The van der Waals surface area contributed by atoms with Gasteiger partial charge in [0.2, 0.25) is 5.91 Å². The normalized spacial score (nSPS) is 21.6. The summed E-state index contributed by atoms with van der Waals surface area (Å²) < 4.78 is 11.1. The molecule has 1 aliphatic rings. The molecule has 3 rings (SSSR count). The lowest BCUT2D eigenvalue weighted by Crippen LogP contribution is -2.41. The predicted octanol–water partition coefficient (Wildman–Crippen LogP) is 4.66. The van der Waals surface area contributed by atoms with Crippen LogP contribution in [-0.4, -0.2) is 31.0 Å². The molecule has 0 saturated carbocycles. The number of furan rings is 1. The number of hydrogen-bond acceptors (Lipinski definition) is 3. The summed E-state index contributed by atoms with van der Waals surface area (Å²) in [5, 5.41) is 1.05. The zero-order chi connectivity index (χ0) is 18.1. The van der Waals surface area contributed by atoms with Gasteiger partial charge in [-0.15, -0.1) is 0 Å². The third-order valence-electron chi connectivity index (χ3n) is 5.03. The third kappa shape index (κ3) is 3.58. The number of hydrogen-bond donors (Lipinski definition) is 0. The van der Waals surface area contributed by atoms with Gasteiger partial charge >= 0.3 is 0 Å². The molecule has 2 atom stereocenters. The highest BCUT2D eigenvalue weighted by molar-refractivity contribution is 5.97. The molecule has 1 amide bonds. The smallest absolute Gasteiger partial charge is 0.246 e. The number of nitrogens with zero attached hydrogens (tertiary/aromatic N) is 1. The van der Waals surface area contributed by atoms with Gasteiger partial charge < -0.3 is 14.1 Å². The van der Waals surface area contributed by atoms with Crippen molar-refractivity contribution in [3.8, 4) is 5.75 Å². The maximum absolute atomic E-state index is 12.7. The molecule has 4 heteroatoms. The Bertz CT molecular complexity index is 808. The topological polar surface area (TPSA) is 42.7 Å². The van der Waals surface area contributed by atoms with Crippen LogP contribution in [0.25, 0.3) is 16.5 Å². The van der Waals surface area contributed by atoms with Crippen molar-refractivity contribution in [3.05, 3.63) is 35.6 Å². The zero-order valence-electron chi connectivity index (χ0n) is 15.8. The van der Waals surface area contributed by atoms with E-state index in [1.807, 2.05) is 30.9 Å². The Morgan fingerprint density at radius 2 is 1.96 bits per heavy atom. The first-order valence-corrected chi connectivity index (χ1v) is 8.92. The number of likely N-dealkylation sites (tertiary alicyclic amines) is 1. The number of ether oxygens (including phenoxy) is 1. The van der Waals surface area contributed by atoms with E-state index < -0.39 is 0 Å². The minimum absolute atomic E-state index is 0.0852. The van der Waals surface area contributed by atoms with E-state index in [-0.39, 0.29) is 5.91 Å². The van der Waals surface area contributed by atoms with E-state index in [0.29, 0.717) is 11.8 Å². The molecule has 0 bridgehead atoms. The van der Waals surface area contributed by atoms with E-state index in [2.05, 4.69) is 13.8 Å². The minimum Gasteiger partial charge on any atom is -0.496 e. The van der Waals surface area contributed by atoms with Gasteiger partial charge in [0.1, 0.15) is 11.3 Å². The Balaban J connectivity index is 1.92. The van der Waals surface area contributed by atoms with Gasteiger partial charge in [-0.3, -0.25) is 4.79 Å². The van der Waals surface area contributed by atoms with Crippen molar-refractivity contribution < 1.29 is 13.9 Å². The second-order valence-corrected chi connectivity index (χ2v) is 7.48. The van der Waals surface area contributed by atoms with Crippen LogP contribution in [0.3, 0.4) is 0 Å². The number of methoxy groups -OCH3 is 1. The van der Waals surface area contributed by atoms with Gasteiger partial charge in [0.25, 0.3) is 0 Å². The summed E-state index contributed by atoms with van der Waals surface area (Å²) in [6.45, 7) is 10.1. The Morgan fingerprint density at radius 1 is 1.28 bits per heavy atom. The lowest BCUT2D eigenvalue weighted by atomic mass is 9.91. The maximum atomic E-state index is 12.7. The largest absolute Gasteiger partial charge is 0.496 e. The van der Waals surface area contributed by atoms with E-state index >= 15 is 0 Å². The molecule has 0 aliphatic carbocycles. The van der Waals surface area contributed by atoms with E-state index in [4.69, 9.17) is 9.15 Å². The number of fused-ring (bicyclic) bond motifs is 1. The van der Waals surface area contributed by atoms with E-state index in [1.165, 1.54) is 6.42 Å². The van der Waals surface area contributed by atoms with Crippen molar-refractivity contribution in [2.24, 2.45) is 11.8 Å². The summed E-state index contributed by atoms with van der Waals surface area (Å²) in [6.07, 6.45) is 4.68. The summed E-state index contributed by atoms with van der Waals surface area (Å²) in [7, 11) is 1.64. The van der Waals surface area contributed by atoms with Crippen molar-refractivity contribution in [2.75, 3.05) is 20.2 Å². The number of carbonyl (C=O) groups is 1. The highest BCUT2D eigenvalue weighted by atomic mass is 16.5. The number of rotatable bonds is 3. The van der Waals surface area contributed by atoms with Gasteiger partial charge in [0.05, 0.1) is 13.4 Å². The summed E-state index contributed by atoms with van der Waals surface area (Å²) >= 11 is 0. The second-order valence-electron chi connectivity index (χ2n) is 7.48. The fraction of sp³-hybridized carbons (Fsp3) is 0.476. The number of carbonyl (C=O) groups excluding carboxylic acids is 1. The van der Waals surface area contributed by atoms with Crippen LogP contribution >= 0.6 is 0 Å². The number of benzene rings is 1. The maximum Gasteiger partial charge on any atom is 0.246 e. The van der Waals surface area contributed by atoms with Crippen LogP contribution in [0.15, 0.2) is 28.9 Å².